The zero-order chi connectivity index (χ0) is 27.4. The molecule has 0 spiro atoms. The number of unbranched alkanes of at least 4 members (excludes halogenated alkanes) is 1. The van der Waals surface area contributed by atoms with Crippen molar-refractivity contribution >= 4 is 19.6 Å². The van der Waals surface area contributed by atoms with Gasteiger partial charge >= 0.3 is 0 Å². The molecule has 0 saturated carbocycles. The molecule has 0 bridgehead atoms. The molecule has 200 valence electrons. The Bertz CT molecular complexity index is 1190. The molecule has 0 aliphatic heterocycles. The minimum atomic E-state index is -0.155. The lowest BCUT2D eigenvalue weighted by Gasteiger charge is -2.36. The molecule has 0 aromatic heterocycles. The molecule has 0 aliphatic rings. The van der Waals surface area contributed by atoms with Gasteiger partial charge in [0.1, 0.15) is 5.75 Å². The third-order valence-electron chi connectivity index (χ3n) is 7.34. The van der Waals surface area contributed by atoms with Crippen LogP contribution in [0.15, 0.2) is 60.7 Å². The number of aromatic hydroxyl groups is 1. The van der Waals surface area contributed by atoms with Gasteiger partial charge in [0.25, 0.3) is 0 Å². The highest BCUT2D eigenvalue weighted by Crippen LogP contribution is 2.51. The Labute approximate surface area is 228 Å². The van der Waals surface area contributed by atoms with Gasteiger partial charge in [-0.25, -0.2) is 0 Å². The predicted octanol–water partition coefficient (Wildman–Crippen LogP) is 9.32. The van der Waals surface area contributed by atoms with Crippen molar-refractivity contribution in [3.8, 4) is 5.75 Å². The molecule has 0 saturated heterocycles. The third kappa shape index (κ3) is 7.38. The van der Waals surface area contributed by atoms with E-state index in [1.807, 2.05) is 6.07 Å². The summed E-state index contributed by atoms with van der Waals surface area (Å²) >= 11 is 0. The Hall–Kier alpha value is -2.31. The first-order chi connectivity index (χ1) is 17.2. The first-order valence-electron chi connectivity index (χ1n) is 13.8. The van der Waals surface area contributed by atoms with Crippen LogP contribution < -0.4 is 10.6 Å². The average molecular weight is 518 g/mol. The van der Waals surface area contributed by atoms with E-state index < -0.39 is 0 Å². The van der Waals surface area contributed by atoms with Gasteiger partial charge in [0.2, 0.25) is 0 Å². The fourth-order valence-electron chi connectivity index (χ4n) is 4.90. The highest BCUT2D eigenvalue weighted by molar-refractivity contribution is 7.48. The van der Waals surface area contributed by atoms with Crippen molar-refractivity contribution in [1.82, 2.24) is 0 Å². The number of benzene rings is 3. The van der Waals surface area contributed by atoms with Crippen LogP contribution in [0, 0.1) is 6.92 Å². The Kier molecular flexibility index (Phi) is 9.18. The molecular weight excluding hydrogens is 469 g/mol. The second-order valence-corrected chi connectivity index (χ2v) is 14.8. The molecule has 2 atom stereocenters. The average Bonchev–Trinajstić information content (AvgIpc) is 2.82. The van der Waals surface area contributed by atoms with E-state index in [2.05, 4.69) is 122 Å². The number of phenolic OH excluding ortho intramolecular Hbond substituents is 1. The van der Waals surface area contributed by atoms with E-state index in [1.165, 1.54) is 22.0 Å². The largest absolute Gasteiger partial charge is 0.507 e. The number of phenols is 1. The van der Waals surface area contributed by atoms with Crippen molar-refractivity contribution < 1.29 is 5.11 Å². The van der Waals surface area contributed by atoms with E-state index in [0.717, 1.165) is 42.6 Å². The van der Waals surface area contributed by atoms with E-state index in [0.29, 0.717) is 14.3 Å². The van der Waals surface area contributed by atoms with Gasteiger partial charge in [0.05, 0.1) is 0 Å². The summed E-state index contributed by atoms with van der Waals surface area (Å²) in [5, 5.41) is 16.6. The maximum absolute atomic E-state index is 11.8. The summed E-state index contributed by atoms with van der Waals surface area (Å²) in [6.45, 7) is 21.0. The molecule has 2 N–H and O–H groups in total. The van der Waals surface area contributed by atoms with Crippen LogP contribution in [0.25, 0.3) is 0 Å². The van der Waals surface area contributed by atoms with Gasteiger partial charge in [-0.2, -0.15) is 0 Å². The van der Waals surface area contributed by atoms with Gasteiger partial charge < -0.3 is 10.4 Å². The van der Waals surface area contributed by atoms with E-state index in [1.54, 1.807) is 0 Å². The Morgan fingerprint density at radius 3 is 2.05 bits per heavy atom. The van der Waals surface area contributed by atoms with Crippen LogP contribution in [0.5, 0.6) is 5.75 Å². The number of hydrogen-bond donors (Lipinski definition) is 2. The van der Waals surface area contributed by atoms with Crippen molar-refractivity contribution in [1.29, 1.82) is 0 Å². The standard InChI is InChI=1S/C34H48NOP/c1-10-11-19-34(9,29-22-26(32(3,4)5)21-28(31(29)36)33(6,7)8)37-30-18-17-24(2)20-25(30)23-35-27-15-13-12-14-16-27/h12-18,20-22,35-37H,10-11,19,23H2,1-9H3. The fraction of sp³-hybridized carbons (Fsp3) is 0.471. The number of aryl methyl sites for hydroxylation is 1. The summed E-state index contributed by atoms with van der Waals surface area (Å²) < 4.78 is 0. The second-order valence-electron chi connectivity index (χ2n) is 12.9. The van der Waals surface area contributed by atoms with E-state index in [9.17, 15) is 5.11 Å². The molecule has 37 heavy (non-hydrogen) atoms. The summed E-state index contributed by atoms with van der Waals surface area (Å²) in [6.07, 6.45) is 3.32. The smallest absolute Gasteiger partial charge is 0.123 e. The Morgan fingerprint density at radius 2 is 1.46 bits per heavy atom. The van der Waals surface area contributed by atoms with Crippen molar-refractivity contribution in [3.05, 3.63) is 88.5 Å². The minimum Gasteiger partial charge on any atom is -0.507 e. The summed E-state index contributed by atoms with van der Waals surface area (Å²) in [7, 11) is 0.554. The van der Waals surface area contributed by atoms with E-state index in [4.69, 9.17) is 0 Å². The summed E-state index contributed by atoms with van der Waals surface area (Å²) in [5.41, 5.74) is 7.09. The predicted molar refractivity (Wildman–Crippen MR) is 165 cm³/mol. The molecule has 2 nitrogen and oxygen atoms in total. The maximum Gasteiger partial charge on any atom is 0.123 e. The number of hydrogen-bond acceptors (Lipinski definition) is 2. The third-order valence-corrected chi connectivity index (χ3v) is 9.17. The van der Waals surface area contributed by atoms with Crippen LogP contribution in [0.3, 0.4) is 0 Å². The lowest BCUT2D eigenvalue weighted by molar-refractivity contribution is 0.425. The zero-order valence-electron chi connectivity index (χ0n) is 24.5. The lowest BCUT2D eigenvalue weighted by atomic mass is 9.77. The van der Waals surface area contributed by atoms with Gasteiger partial charge in [-0.05, 0) is 58.3 Å². The summed E-state index contributed by atoms with van der Waals surface area (Å²) in [6, 6.07) is 21.9. The van der Waals surface area contributed by atoms with Crippen LogP contribution in [-0.4, -0.2) is 5.11 Å². The summed E-state index contributed by atoms with van der Waals surface area (Å²) in [5.74, 6) is 0.489. The molecule has 3 rings (SSSR count). The molecule has 3 heteroatoms. The normalized spacial score (nSPS) is 14.2. The lowest BCUT2D eigenvalue weighted by Crippen LogP contribution is -2.25. The Balaban J connectivity index is 2.11. The van der Waals surface area contributed by atoms with Gasteiger partial charge in [-0.3, -0.25) is 0 Å². The van der Waals surface area contributed by atoms with Crippen LogP contribution in [0.4, 0.5) is 5.69 Å². The highest BCUT2D eigenvalue weighted by atomic mass is 31.1. The molecule has 2 unspecified atom stereocenters. The van der Waals surface area contributed by atoms with Crippen LogP contribution in [0.2, 0.25) is 0 Å². The number of para-hydroxylation sites is 1. The van der Waals surface area contributed by atoms with Gasteiger partial charge in [0.15, 0.2) is 0 Å². The van der Waals surface area contributed by atoms with Gasteiger partial charge in [0, 0.05) is 23.0 Å². The topological polar surface area (TPSA) is 32.3 Å². The van der Waals surface area contributed by atoms with Crippen molar-refractivity contribution in [3.63, 3.8) is 0 Å². The number of anilines is 1. The minimum absolute atomic E-state index is 0.00580. The second kappa shape index (κ2) is 11.6. The first-order valence-corrected chi connectivity index (χ1v) is 14.8. The molecular formula is C34H48NOP. The molecule has 0 heterocycles. The molecule has 0 radical (unpaired) electrons. The van der Waals surface area contributed by atoms with Gasteiger partial charge in [-0.15, -0.1) is 0 Å². The first kappa shape index (κ1) is 29.2. The van der Waals surface area contributed by atoms with E-state index >= 15 is 0 Å². The monoisotopic (exact) mass is 517 g/mol. The van der Waals surface area contributed by atoms with Crippen molar-refractivity contribution in [2.75, 3.05) is 5.32 Å². The molecule has 3 aromatic carbocycles. The van der Waals surface area contributed by atoms with Crippen LogP contribution in [-0.2, 0) is 22.5 Å². The zero-order valence-corrected chi connectivity index (χ0v) is 25.5. The van der Waals surface area contributed by atoms with E-state index in [-0.39, 0.29) is 16.0 Å². The highest BCUT2D eigenvalue weighted by Gasteiger charge is 2.34. The Morgan fingerprint density at radius 1 is 0.811 bits per heavy atom. The summed E-state index contributed by atoms with van der Waals surface area (Å²) in [4.78, 5) is 0. The SMILES string of the molecule is CCCCC(C)(Pc1ccc(C)cc1CNc1ccccc1)c1cc(C(C)(C)C)cc(C(C)(C)C)c1O. The fourth-order valence-corrected chi connectivity index (χ4v) is 6.61. The number of rotatable bonds is 9. The number of nitrogens with one attached hydrogen (secondary N) is 1. The molecule has 0 amide bonds. The molecule has 0 fully saturated rings. The van der Waals surface area contributed by atoms with Gasteiger partial charge in [-0.1, -0.05) is 131 Å². The van der Waals surface area contributed by atoms with Crippen molar-refractivity contribution in [2.45, 2.75) is 104 Å². The van der Waals surface area contributed by atoms with Crippen LogP contribution in [0.1, 0.15) is 102 Å². The quantitative estimate of drug-likeness (QED) is 0.277. The maximum atomic E-state index is 11.8. The van der Waals surface area contributed by atoms with Crippen molar-refractivity contribution in [2.24, 2.45) is 0 Å². The van der Waals surface area contributed by atoms with Crippen LogP contribution >= 0.6 is 8.58 Å². The molecule has 3 aromatic rings. The molecule has 0 aliphatic carbocycles.